The van der Waals surface area contributed by atoms with Gasteiger partial charge in [-0.05, 0) is 143 Å². The van der Waals surface area contributed by atoms with Crippen molar-refractivity contribution in [1.29, 1.82) is 0 Å². The van der Waals surface area contributed by atoms with Crippen LogP contribution in [0, 0.1) is 55.4 Å². The van der Waals surface area contributed by atoms with Gasteiger partial charge in [0, 0.05) is 45.0 Å². The number of benzene rings is 3. The van der Waals surface area contributed by atoms with Gasteiger partial charge in [-0.3, -0.25) is 4.98 Å². The Morgan fingerprint density at radius 2 is 1.06 bits per heavy atom. The summed E-state index contributed by atoms with van der Waals surface area (Å²) < 4.78 is 9.91. The monoisotopic (exact) mass is 655 g/mol. The average Bonchev–Trinajstić information content (AvgIpc) is 3.67. The standard InChI is InChI=1S/C24H26N3.C19H27N2.CH4/c1-13-14(2)16(4)22-21(15(13)3)26(7)23-18-12-20-17(9-8-10-25-20)11-19(18)24(5,6)27(22)23;1-10-11(2)13(4)17-16(12(10)3)20(9)18-14(5)15(6)19(7,8)21(17)18;/h8-12H,1-7H3;1-9H3;1H4/q2*+1;. The first-order valence-electron chi connectivity index (χ1n) is 17.5. The summed E-state index contributed by atoms with van der Waals surface area (Å²) >= 11 is 0. The largest absolute Gasteiger partial charge is 0.290 e. The highest BCUT2D eigenvalue weighted by atomic mass is 15.2. The maximum absolute atomic E-state index is 4.61. The first-order chi connectivity index (χ1) is 22.4. The minimum atomic E-state index is -0.104. The lowest BCUT2D eigenvalue weighted by Crippen LogP contribution is -2.33. The Morgan fingerprint density at radius 1 is 0.592 bits per heavy atom. The van der Waals surface area contributed by atoms with Gasteiger partial charge in [0.05, 0.1) is 25.2 Å². The zero-order chi connectivity index (χ0) is 35.1. The van der Waals surface area contributed by atoms with Crippen LogP contribution in [-0.2, 0) is 25.2 Å². The topological polar surface area (TPSA) is 30.5 Å². The molecule has 3 aromatic carbocycles. The van der Waals surface area contributed by atoms with Gasteiger partial charge in [0.15, 0.2) is 22.1 Å². The predicted molar refractivity (Wildman–Crippen MR) is 208 cm³/mol. The summed E-state index contributed by atoms with van der Waals surface area (Å²) in [6, 6.07) is 8.79. The lowest BCUT2D eigenvalue weighted by Gasteiger charge is -2.20. The van der Waals surface area contributed by atoms with E-state index in [9.17, 15) is 0 Å². The fourth-order valence-electron chi connectivity index (χ4n) is 9.17. The van der Waals surface area contributed by atoms with Gasteiger partial charge in [0.25, 0.3) is 11.6 Å². The lowest BCUT2D eigenvalue weighted by atomic mass is 9.90. The maximum Gasteiger partial charge on any atom is 0.290 e. The van der Waals surface area contributed by atoms with Gasteiger partial charge in [-0.15, -0.1) is 0 Å². The molecule has 3 aromatic heterocycles. The van der Waals surface area contributed by atoms with Gasteiger partial charge >= 0.3 is 0 Å². The molecular formula is C44H57N5+2. The summed E-state index contributed by atoms with van der Waals surface area (Å²) in [7, 11) is 4.43. The predicted octanol–water partition coefficient (Wildman–Crippen LogP) is 9.89. The molecule has 0 atom stereocenters. The van der Waals surface area contributed by atoms with Crippen LogP contribution in [0.4, 0.5) is 0 Å². The highest BCUT2D eigenvalue weighted by Crippen LogP contribution is 2.48. The molecule has 8 rings (SSSR count). The van der Waals surface area contributed by atoms with Gasteiger partial charge < -0.3 is 0 Å². The van der Waals surface area contributed by atoms with Crippen LogP contribution in [0.3, 0.4) is 0 Å². The molecule has 0 amide bonds. The Balaban J connectivity index is 0.000000172. The zero-order valence-electron chi connectivity index (χ0n) is 32.1. The molecule has 2 aliphatic rings. The molecule has 0 unspecified atom stereocenters. The third kappa shape index (κ3) is 4.20. The van der Waals surface area contributed by atoms with Gasteiger partial charge in [-0.25, -0.2) is 18.3 Å². The van der Waals surface area contributed by atoms with E-state index in [-0.39, 0.29) is 18.5 Å². The fraction of sp³-hybridized carbons (Fsp3) is 0.432. The molecule has 0 N–H and O–H groups in total. The number of rotatable bonds is 0. The Hall–Kier alpha value is -4.25. The fourth-order valence-corrected chi connectivity index (χ4v) is 9.17. The molecule has 0 aliphatic carbocycles. The number of imidazole rings is 2. The molecule has 0 fully saturated rings. The molecule has 0 bridgehead atoms. The van der Waals surface area contributed by atoms with E-state index in [2.05, 4.69) is 152 Å². The zero-order valence-corrected chi connectivity index (χ0v) is 32.1. The van der Waals surface area contributed by atoms with Crippen molar-refractivity contribution in [2.75, 3.05) is 0 Å². The van der Waals surface area contributed by atoms with Crippen LogP contribution in [0.1, 0.15) is 105 Å². The second kappa shape index (κ2) is 10.9. The van der Waals surface area contributed by atoms with E-state index < -0.39 is 0 Å². The maximum atomic E-state index is 4.61. The average molecular weight is 656 g/mol. The van der Waals surface area contributed by atoms with Crippen molar-refractivity contribution in [2.24, 2.45) is 14.1 Å². The number of pyridine rings is 1. The van der Waals surface area contributed by atoms with E-state index in [1.54, 1.807) is 0 Å². The van der Waals surface area contributed by atoms with E-state index in [0.29, 0.717) is 0 Å². The quantitative estimate of drug-likeness (QED) is 0.150. The summed E-state index contributed by atoms with van der Waals surface area (Å²) in [5.41, 5.74) is 23.4. The van der Waals surface area contributed by atoms with Crippen LogP contribution < -0.4 is 9.13 Å². The second-order valence-corrected chi connectivity index (χ2v) is 15.8. The summed E-state index contributed by atoms with van der Waals surface area (Å²) in [4.78, 5) is 4.61. The van der Waals surface area contributed by atoms with Gasteiger partial charge in [0.2, 0.25) is 0 Å². The van der Waals surface area contributed by atoms with Crippen LogP contribution in [0.2, 0.25) is 0 Å². The van der Waals surface area contributed by atoms with Crippen molar-refractivity contribution in [3.05, 3.63) is 91.9 Å². The number of allylic oxidation sites excluding steroid dienone is 2. The minimum Gasteiger partial charge on any atom is -0.256 e. The molecule has 0 radical (unpaired) electrons. The van der Waals surface area contributed by atoms with Crippen molar-refractivity contribution in [1.82, 2.24) is 14.1 Å². The molecule has 6 aromatic rings. The SMILES string of the molecule is C.CC1=C(C)C(C)(C)n2c1[n+](C)c1c(C)c(C)c(C)c(C)c12.Cc1c(C)c(C)c2c(c1C)n1c([n+]2C)-c2cc3ncccc3cc2C1(C)C. The Bertz CT molecular complexity index is 2460. The smallest absolute Gasteiger partial charge is 0.256 e. The van der Waals surface area contributed by atoms with Crippen LogP contribution in [0.25, 0.3) is 49.9 Å². The first kappa shape index (κ1) is 34.6. The number of fused-ring (bicyclic) bond motifs is 9. The molecule has 0 saturated carbocycles. The van der Waals surface area contributed by atoms with Crippen molar-refractivity contribution in [3.63, 3.8) is 0 Å². The van der Waals surface area contributed by atoms with E-state index in [1.165, 1.54) is 106 Å². The third-order valence-corrected chi connectivity index (χ3v) is 13.0. The number of aromatic nitrogens is 5. The van der Waals surface area contributed by atoms with Crippen LogP contribution >= 0.6 is 0 Å². The van der Waals surface area contributed by atoms with Crippen molar-refractivity contribution >= 4 is 38.5 Å². The Kier molecular flexibility index (Phi) is 7.68. The second-order valence-electron chi connectivity index (χ2n) is 15.8. The van der Waals surface area contributed by atoms with Crippen molar-refractivity contribution in [2.45, 2.75) is 115 Å². The molecule has 256 valence electrons. The Labute approximate surface area is 293 Å². The number of aryl methyl sites for hydroxylation is 6. The van der Waals surface area contributed by atoms with Gasteiger partial charge in [-0.2, -0.15) is 0 Å². The van der Waals surface area contributed by atoms with Gasteiger partial charge in [0.1, 0.15) is 11.1 Å². The molecule has 49 heavy (non-hydrogen) atoms. The number of hydrogen-bond acceptors (Lipinski definition) is 1. The van der Waals surface area contributed by atoms with E-state index >= 15 is 0 Å². The Morgan fingerprint density at radius 3 is 1.59 bits per heavy atom. The van der Waals surface area contributed by atoms with Crippen LogP contribution in [-0.4, -0.2) is 14.1 Å². The number of nitrogens with zero attached hydrogens (tertiary/aromatic N) is 5. The molecule has 5 nitrogen and oxygen atoms in total. The van der Waals surface area contributed by atoms with E-state index in [0.717, 1.165) is 5.52 Å². The first-order valence-corrected chi connectivity index (χ1v) is 17.5. The van der Waals surface area contributed by atoms with Crippen molar-refractivity contribution in [3.8, 4) is 11.4 Å². The molecule has 0 saturated heterocycles. The summed E-state index contributed by atoms with van der Waals surface area (Å²) in [6.07, 6.45) is 1.88. The van der Waals surface area contributed by atoms with Crippen LogP contribution in [0.5, 0.6) is 0 Å². The summed E-state index contributed by atoms with van der Waals surface area (Å²) in [5, 5.41) is 1.21. The molecule has 5 heteroatoms. The minimum absolute atomic E-state index is 0. The molecule has 0 spiro atoms. The molecule has 2 aliphatic heterocycles. The highest BCUT2D eigenvalue weighted by molar-refractivity contribution is 5.92. The lowest BCUT2D eigenvalue weighted by molar-refractivity contribution is -0.648. The normalized spacial score (nSPS) is 15.4. The molecular weight excluding hydrogens is 599 g/mol. The van der Waals surface area contributed by atoms with Gasteiger partial charge in [-0.1, -0.05) is 13.5 Å². The summed E-state index contributed by atoms with van der Waals surface area (Å²) in [6.45, 7) is 32.0. The highest BCUT2D eigenvalue weighted by Gasteiger charge is 2.47. The third-order valence-electron chi connectivity index (χ3n) is 13.0. The number of hydrogen-bond donors (Lipinski definition) is 0. The molecule has 5 heterocycles. The van der Waals surface area contributed by atoms with E-state index in [4.69, 9.17) is 0 Å². The van der Waals surface area contributed by atoms with E-state index in [1.807, 2.05) is 12.3 Å². The van der Waals surface area contributed by atoms with Crippen LogP contribution in [0.15, 0.2) is 36.0 Å². The van der Waals surface area contributed by atoms with Crippen molar-refractivity contribution < 1.29 is 9.13 Å². The summed E-state index contributed by atoms with van der Waals surface area (Å²) in [5.74, 6) is 2.65.